The summed E-state index contributed by atoms with van der Waals surface area (Å²) in [4.78, 5) is 3.91. The molecule has 7 heteroatoms. The molecular formula is C12H17BCl2N2O2. The zero-order valence-electron chi connectivity index (χ0n) is 11.4. The Hall–Kier alpha value is -0.325. The first-order valence-corrected chi connectivity index (χ1v) is 6.81. The van der Waals surface area contributed by atoms with Gasteiger partial charge in [-0.3, -0.25) is 4.98 Å². The minimum Gasteiger partial charge on any atom is -0.402 e. The molecule has 2 heterocycles. The highest BCUT2D eigenvalue weighted by molar-refractivity contribution is 6.49. The van der Waals surface area contributed by atoms with E-state index >= 15 is 0 Å². The molecule has 1 atom stereocenters. The van der Waals surface area contributed by atoms with Crippen molar-refractivity contribution in [2.24, 2.45) is 5.73 Å². The SMILES string of the molecule is CC1(C)OB([C@H](N)c2c(Cl)cncc2Cl)OC1(C)C. The number of aromatic nitrogens is 1. The Morgan fingerprint density at radius 1 is 1.11 bits per heavy atom. The molecule has 0 saturated carbocycles. The number of rotatable bonds is 2. The summed E-state index contributed by atoms with van der Waals surface area (Å²) < 4.78 is 11.8. The molecule has 19 heavy (non-hydrogen) atoms. The van der Waals surface area contributed by atoms with Gasteiger partial charge in [-0.15, -0.1) is 0 Å². The molecule has 0 bridgehead atoms. The highest BCUT2D eigenvalue weighted by atomic mass is 35.5. The Morgan fingerprint density at radius 2 is 1.53 bits per heavy atom. The molecule has 0 aliphatic carbocycles. The van der Waals surface area contributed by atoms with Crippen molar-refractivity contribution in [1.29, 1.82) is 0 Å². The van der Waals surface area contributed by atoms with Crippen LogP contribution >= 0.6 is 23.2 Å². The third-order valence-electron chi connectivity index (χ3n) is 3.79. The summed E-state index contributed by atoms with van der Waals surface area (Å²) in [6.45, 7) is 7.87. The molecule has 1 aliphatic heterocycles. The second kappa shape index (κ2) is 4.90. The van der Waals surface area contributed by atoms with E-state index < -0.39 is 24.3 Å². The third-order valence-corrected chi connectivity index (χ3v) is 4.39. The fourth-order valence-electron chi connectivity index (χ4n) is 1.91. The third kappa shape index (κ3) is 2.62. The fourth-order valence-corrected chi connectivity index (χ4v) is 2.53. The molecule has 0 aromatic carbocycles. The van der Waals surface area contributed by atoms with Crippen molar-refractivity contribution < 1.29 is 9.31 Å². The highest BCUT2D eigenvalue weighted by Crippen LogP contribution is 2.41. The largest absolute Gasteiger partial charge is 0.480 e. The Bertz CT molecular complexity index is 460. The van der Waals surface area contributed by atoms with Crippen LogP contribution in [0.5, 0.6) is 0 Å². The van der Waals surface area contributed by atoms with Crippen molar-refractivity contribution in [2.45, 2.75) is 44.8 Å². The maximum atomic E-state index is 6.20. The maximum Gasteiger partial charge on any atom is 0.480 e. The molecule has 2 N–H and O–H groups in total. The zero-order valence-corrected chi connectivity index (χ0v) is 12.9. The van der Waals surface area contributed by atoms with Crippen LogP contribution in [0.4, 0.5) is 0 Å². The monoisotopic (exact) mass is 302 g/mol. The van der Waals surface area contributed by atoms with Gasteiger partial charge in [-0.05, 0) is 27.7 Å². The van der Waals surface area contributed by atoms with Crippen molar-refractivity contribution >= 4 is 30.3 Å². The van der Waals surface area contributed by atoms with E-state index in [2.05, 4.69) is 4.98 Å². The Balaban J connectivity index is 2.30. The van der Waals surface area contributed by atoms with Gasteiger partial charge < -0.3 is 15.0 Å². The normalized spacial score (nSPS) is 22.6. The summed E-state index contributed by atoms with van der Waals surface area (Å²) in [5.41, 5.74) is 5.91. The molecule has 1 saturated heterocycles. The van der Waals surface area contributed by atoms with Crippen LogP contribution in [0.1, 0.15) is 39.2 Å². The van der Waals surface area contributed by atoms with Gasteiger partial charge in [0, 0.05) is 18.0 Å². The van der Waals surface area contributed by atoms with Gasteiger partial charge in [-0.2, -0.15) is 0 Å². The molecule has 1 aromatic rings. The Morgan fingerprint density at radius 3 is 1.95 bits per heavy atom. The van der Waals surface area contributed by atoms with Gasteiger partial charge in [-0.1, -0.05) is 23.2 Å². The van der Waals surface area contributed by atoms with Crippen LogP contribution in [-0.4, -0.2) is 23.3 Å². The molecule has 0 spiro atoms. The first-order valence-electron chi connectivity index (χ1n) is 6.06. The van der Waals surface area contributed by atoms with Crippen molar-refractivity contribution in [1.82, 2.24) is 4.98 Å². The number of nitrogens with zero attached hydrogens (tertiary/aromatic N) is 1. The predicted molar refractivity (Wildman–Crippen MR) is 77.3 cm³/mol. The van der Waals surface area contributed by atoms with Crippen LogP contribution in [0.3, 0.4) is 0 Å². The number of pyridine rings is 1. The summed E-state index contributed by atoms with van der Waals surface area (Å²) in [6, 6.07) is 0. The van der Waals surface area contributed by atoms with Gasteiger partial charge in [0.25, 0.3) is 0 Å². The molecule has 2 rings (SSSR count). The first-order chi connectivity index (χ1) is 8.66. The molecule has 1 aromatic heterocycles. The predicted octanol–water partition coefficient (Wildman–Crippen LogP) is 3.02. The van der Waals surface area contributed by atoms with Crippen molar-refractivity contribution in [3.8, 4) is 0 Å². The van der Waals surface area contributed by atoms with Gasteiger partial charge in [0.1, 0.15) is 0 Å². The van der Waals surface area contributed by atoms with Gasteiger partial charge in [0.15, 0.2) is 0 Å². The van der Waals surface area contributed by atoms with E-state index in [4.69, 9.17) is 38.2 Å². The van der Waals surface area contributed by atoms with Gasteiger partial charge in [0.05, 0.1) is 27.2 Å². The standard InChI is InChI=1S/C12H17BCl2N2O2/c1-11(2)12(3,4)19-13(18-11)10(16)9-7(14)5-17-6-8(9)15/h5-6,10H,16H2,1-4H3/t10-/m1/s1. The zero-order chi connectivity index (χ0) is 14.4. The van der Waals surface area contributed by atoms with E-state index in [9.17, 15) is 0 Å². The molecular weight excluding hydrogens is 286 g/mol. The Labute approximate surface area is 123 Å². The van der Waals surface area contributed by atoms with Crippen molar-refractivity contribution in [3.05, 3.63) is 28.0 Å². The summed E-state index contributed by atoms with van der Waals surface area (Å²) in [5.74, 6) is -0.566. The van der Waals surface area contributed by atoms with E-state index in [1.54, 1.807) is 0 Å². The maximum absolute atomic E-state index is 6.20. The number of nitrogens with two attached hydrogens (primary N) is 1. The lowest BCUT2D eigenvalue weighted by molar-refractivity contribution is 0.00578. The number of hydrogen-bond donors (Lipinski definition) is 1. The van der Waals surface area contributed by atoms with E-state index in [1.807, 2.05) is 27.7 Å². The van der Waals surface area contributed by atoms with E-state index in [0.29, 0.717) is 15.6 Å². The fraction of sp³-hybridized carbons (Fsp3) is 0.583. The van der Waals surface area contributed by atoms with Gasteiger partial charge in [0.2, 0.25) is 0 Å². The molecule has 104 valence electrons. The lowest BCUT2D eigenvalue weighted by Gasteiger charge is -2.32. The van der Waals surface area contributed by atoms with Crippen molar-refractivity contribution in [2.75, 3.05) is 0 Å². The van der Waals surface area contributed by atoms with Crippen LogP contribution in [-0.2, 0) is 9.31 Å². The average Bonchev–Trinajstić information content (AvgIpc) is 2.47. The summed E-state index contributed by atoms with van der Waals surface area (Å²) in [6.07, 6.45) is 3.02. The lowest BCUT2D eigenvalue weighted by Crippen LogP contribution is -2.41. The van der Waals surface area contributed by atoms with Crippen LogP contribution < -0.4 is 5.73 Å². The minimum absolute atomic E-state index is 0.412. The summed E-state index contributed by atoms with van der Waals surface area (Å²) >= 11 is 12.2. The molecule has 0 amide bonds. The van der Waals surface area contributed by atoms with Crippen molar-refractivity contribution in [3.63, 3.8) is 0 Å². The second-order valence-corrected chi connectivity index (χ2v) is 6.48. The summed E-state index contributed by atoms with van der Waals surface area (Å²) in [5, 5.41) is 0.824. The lowest BCUT2D eigenvalue weighted by atomic mass is 9.75. The number of hydrogen-bond acceptors (Lipinski definition) is 4. The highest BCUT2D eigenvalue weighted by Gasteiger charge is 2.53. The van der Waals surface area contributed by atoms with Crippen LogP contribution in [0, 0.1) is 0 Å². The molecule has 1 fully saturated rings. The minimum atomic E-state index is -0.595. The Kier molecular flexibility index (Phi) is 3.89. The first kappa shape index (κ1) is 15.1. The van der Waals surface area contributed by atoms with E-state index in [-0.39, 0.29) is 0 Å². The summed E-state index contributed by atoms with van der Waals surface area (Å²) in [7, 11) is -0.595. The van der Waals surface area contributed by atoms with E-state index in [0.717, 1.165) is 0 Å². The van der Waals surface area contributed by atoms with Gasteiger partial charge >= 0.3 is 7.12 Å². The van der Waals surface area contributed by atoms with Crippen LogP contribution in [0.2, 0.25) is 10.0 Å². The molecule has 0 radical (unpaired) electrons. The number of halogens is 2. The topological polar surface area (TPSA) is 57.4 Å². The molecule has 4 nitrogen and oxygen atoms in total. The molecule has 1 aliphatic rings. The average molecular weight is 303 g/mol. The second-order valence-electron chi connectivity index (χ2n) is 5.67. The van der Waals surface area contributed by atoms with E-state index in [1.165, 1.54) is 12.4 Å². The molecule has 0 unspecified atom stereocenters. The smallest absolute Gasteiger partial charge is 0.402 e. The van der Waals surface area contributed by atoms with Crippen LogP contribution in [0.15, 0.2) is 12.4 Å². The van der Waals surface area contributed by atoms with Gasteiger partial charge in [-0.25, -0.2) is 0 Å². The van der Waals surface area contributed by atoms with Crippen LogP contribution in [0.25, 0.3) is 0 Å². The quantitative estimate of drug-likeness (QED) is 0.853.